The number of nitrogens with one attached hydrogen (secondary N) is 1. The van der Waals surface area contributed by atoms with E-state index in [0.29, 0.717) is 23.1 Å². The van der Waals surface area contributed by atoms with E-state index in [1.807, 2.05) is 0 Å². The minimum Gasteiger partial charge on any atom is -0.356 e. The molecule has 3 rings (SSSR count). The molecule has 0 unspecified atom stereocenters. The monoisotopic (exact) mass is 348 g/mol. The van der Waals surface area contributed by atoms with Crippen LogP contribution >= 0.6 is 0 Å². The summed E-state index contributed by atoms with van der Waals surface area (Å²) in [5.74, 6) is -0.567. The summed E-state index contributed by atoms with van der Waals surface area (Å²) in [6.07, 6.45) is 0.471. The molecule has 1 N–H and O–H groups in total. The maximum absolute atomic E-state index is 12.9. The zero-order valence-electron chi connectivity index (χ0n) is 13.1. The smallest absolute Gasteiger partial charge is 0.217 e. The Balaban J connectivity index is 1.68. The van der Waals surface area contributed by atoms with Crippen LogP contribution in [0.2, 0.25) is 0 Å². The second-order valence-electron chi connectivity index (χ2n) is 5.73. The second-order valence-corrected chi connectivity index (χ2v) is 7.49. The number of hydrogen-bond acceptors (Lipinski definition) is 4. The molecular weight excluding hydrogens is 331 g/mol. The Morgan fingerprint density at radius 2 is 1.88 bits per heavy atom. The standard InChI is InChI=1S/C17H17FN2O3S/c1-12(10-13-6-8-14(18)9-7-13)20-24(21,22)11-16-15-4-2-3-5-17(15)23-19-16/h2-9,12,20H,10-11H2,1H3/t12-/m1/s1. The minimum atomic E-state index is -3.57. The van der Waals surface area contributed by atoms with E-state index in [2.05, 4.69) is 9.88 Å². The summed E-state index contributed by atoms with van der Waals surface area (Å²) in [5.41, 5.74) is 1.80. The predicted molar refractivity (Wildman–Crippen MR) is 89.3 cm³/mol. The number of rotatable bonds is 6. The molecule has 0 saturated heterocycles. The van der Waals surface area contributed by atoms with Gasteiger partial charge in [0.25, 0.3) is 0 Å². The van der Waals surface area contributed by atoms with Crippen LogP contribution in [0.15, 0.2) is 53.1 Å². The highest BCUT2D eigenvalue weighted by atomic mass is 32.2. The van der Waals surface area contributed by atoms with Crippen molar-refractivity contribution in [3.63, 3.8) is 0 Å². The molecule has 0 aliphatic rings. The van der Waals surface area contributed by atoms with Crippen LogP contribution in [-0.2, 0) is 22.2 Å². The number of benzene rings is 2. The number of halogens is 1. The van der Waals surface area contributed by atoms with Crippen LogP contribution < -0.4 is 4.72 Å². The van der Waals surface area contributed by atoms with E-state index in [4.69, 9.17) is 4.52 Å². The molecule has 1 heterocycles. The van der Waals surface area contributed by atoms with Crippen molar-refractivity contribution in [2.24, 2.45) is 0 Å². The molecule has 1 atom stereocenters. The first kappa shape index (κ1) is 16.6. The lowest BCUT2D eigenvalue weighted by molar-refractivity contribution is 0.448. The Bertz CT molecular complexity index is 936. The summed E-state index contributed by atoms with van der Waals surface area (Å²) in [4.78, 5) is 0. The molecule has 126 valence electrons. The highest BCUT2D eigenvalue weighted by Crippen LogP contribution is 2.19. The minimum absolute atomic E-state index is 0.252. The third-order valence-electron chi connectivity index (χ3n) is 3.61. The van der Waals surface area contributed by atoms with Gasteiger partial charge in [0.2, 0.25) is 10.0 Å². The molecule has 0 fully saturated rings. The van der Waals surface area contributed by atoms with Gasteiger partial charge in [-0.05, 0) is 43.2 Å². The van der Waals surface area contributed by atoms with E-state index in [1.54, 1.807) is 43.3 Å². The van der Waals surface area contributed by atoms with Gasteiger partial charge in [-0.3, -0.25) is 0 Å². The van der Waals surface area contributed by atoms with Crippen LogP contribution in [0.5, 0.6) is 0 Å². The molecule has 0 spiro atoms. The largest absolute Gasteiger partial charge is 0.356 e. The van der Waals surface area contributed by atoms with E-state index in [-0.39, 0.29) is 17.6 Å². The van der Waals surface area contributed by atoms with Crippen LogP contribution in [-0.4, -0.2) is 19.6 Å². The normalized spacial score (nSPS) is 13.2. The summed E-state index contributed by atoms with van der Waals surface area (Å²) in [5, 5.41) is 4.53. The molecule has 3 aromatic rings. The molecule has 0 bridgehead atoms. The van der Waals surface area contributed by atoms with Crippen LogP contribution in [0.3, 0.4) is 0 Å². The Labute approximate surface area is 139 Å². The molecule has 24 heavy (non-hydrogen) atoms. The van der Waals surface area contributed by atoms with Crippen LogP contribution in [0.4, 0.5) is 4.39 Å². The fourth-order valence-corrected chi connectivity index (χ4v) is 3.93. The van der Waals surface area contributed by atoms with Gasteiger partial charge in [-0.1, -0.05) is 29.4 Å². The lowest BCUT2D eigenvalue weighted by Crippen LogP contribution is -2.35. The molecule has 2 aromatic carbocycles. The van der Waals surface area contributed by atoms with Crippen LogP contribution in [0.25, 0.3) is 11.0 Å². The van der Waals surface area contributed by atoms with Crippen LogP contribution in [0.1, 0.15) is 18.2 Å². The fraction of sp³-hybridized carbons (Fsp3) is 0.235. The maximum atomic E-state index is 12.9. The van der Waals surface area contributed by atoms with Gasteiger partial charge in [-0.25, -0.2) is 17.5 Å². The van der Waals surface area contributed by atoms with E-state index in [1.165, 1.54) is 12.1 Å². The molecular formula is C17H17FN2O3S. The molecule has 5 nitrogen and oxygen atoms in total. The average Bonchev–Trinajstić information content (AvgIpc) is 2.91. The van der Waals surface area contributed by atoms with Crippen molar-refractivity contribution < 1.29 is 17.3 Å². The van der Waals surface area contributed by atoms with E-state index in [9.17, 15) is 12.8 Å². The van der Waals surface area contributed by atoms with E-state index >= 15 is 0 Å². The van der Waals surface area contributed by atoms with Crippen LogP contribution in [0, 0.1) is 5.82 Å². The van der Waals surface area contributed by atoms with Gasteiger partial charge in [0.05, 0.1) is 0 Å². The first-order valence-electron chi connectivity index (χ1n) is 7.51. The zero-order chi connectivity index (χ0) is 17.2. The highest BCUT2D eigenvalue weighted by Gasteiger charge is 2.19. The molecule has 0 radical (unpaired) electrons. The van der Waals surface area contributed by atoms with Crippen molar-refractivity contribution >= 4 is 21.0 Å². The lowest BCUT2D eigenvalue weighted by atomic mass is 10.1. The van der Waals surface area contributed by atoms with Crippen molar-refractivity contribution in [3.8, 4) is 0 Å². The molecule has 0 aliphatic heterocycles. The molecule has 0 aliphatic carbocycles. The number of hydrogen-bond donors (Lipinski definition) is 1. The quantitative estimate of drug-likeness (QED) is 0.743. The summed E-state index contributed by atoms with van der Waals surface area (Å²) in [6.45, 7) is 1.77. The average molecular weight is 348 g/mol. The van der Waals surface area contributed by atoms with Gasteiger partial charge in [0.15, 0.2) is 5.58 Å². The molecule has 7 heteroatoms. The lowest BCUT2D eigenvalue weighted by Gasteiger charge is -2.13. The zero-order valence-corrected chi connectivity index (χ0v) is 13.9. The van der Waals surface area contributed by atoms with Gasteiger partial charge in [-0.15, -0.1) is 0 Å². The molecule has 1 aromatic heterocycles. The van der Waals surface area contributed by atoms with Gasteiger partial charge >= 0.3 is 0 Å². The Morgan fingerprint density at radius 3 is 2.62 bits per heavy atom. The number of nitrogens with zero attached hydrogens (tertiary/aromatic N) is 1. The third kappa shape index (κ3) is 3.98. The van der Waals surface area contributed by atoms with E-state index in [0.717, 1.165) is 5.56 Å². The van der Waals surface area contributed by atoms with Crippen molar-refractivity contribution in [3.05, 3.63) is 65.6 Å². The van der Waals surface area contributed by atoms with Crippen molar-refractivity contribution in [1.82, 2.24) is 9.88 Å². The Kier molecular flexibility index (Phi) is 4.64. The van der Waals surface area contributed by atoms with Gasteiger partial charge in [0, 0.05) is 11.4 Å². The predicted octanol–water partition coefficient (Wildman–Crippen LogP) is 3.02. The van der Waals surface area contributed by atoms with Crippen molar-refractivity contribution in [1.29, 1.82) is 0 Å². The first-order chi connectivity index (χ1) is 11.4. The SMILES string of the molecule is C[C@H](Cc1ccc(F)cc1)NS(=O)(=O)Cc1noc2ccccc12. The molecule has 0 amide bonds. The fourth-order valence-electron chi connectivity index (χ4n) is 2.59. The number of fused-ring (bicyclic) bond motifs is 1. The number of sulfonamides is 1. The van der Waals surface area contributed by atoms with Gasteiger partial charge < -0.3 is 4.52 Å². The number of aromatic nitrogens is 1. The summed E-state index contributed by atoms with van der Waals surface area (Å²) in [6, 6.07) is 12.8. The molecule has 0 saturated carbocycles. The third-order valence-corrected chi connectivity index (χ3v) is 5.03. The van der Waals surface area contributed by atoms with E-state index < -0.39 is 10.0 Å². The number of para-hydroxylation sites is 1. The highest BCUT2D eigenvalue weighted by molar-refractivity contribution is 7.88. The maximum Gasteiger partial charge on any atom is 0.217 e. The first-order valence-corrected chi connectivity index (χ1v) is 9.16. The van der Waals surface area contributed by atoms with Gasteiger partial charge in [-0.2, -0.15) is 0 Å². The van der Waals surface area contributed by atoms with Crippen molar-refractivity contribution in [2.75, 3.05) is 0 Å². The topological polar surface area (TPSA) is 72.2 Å². The summed E-state index contributed by atoms with van der Waals surface area (Å²) >= 11 is 0. The Hall–Kier alpha value is -2.25. The van der Waals surface area contributed by atoms with Crippen molar-refractivity contribution in [2.45, 2.75) is 25.1 Å². The second kappa shape index (κ2) is 6.70. The summed E-state index contributed by atoms with van der Waals surface area (Å²) in [7, 11) is -3.57. The Morgan fingerprint density at radius 1 is 1.17 bits per heavy atom. The van der Waals surface area contributed by atoms with Gasteiger partial charge in [0.1, 0.15) is 17.3 Å². The summed E-state index contributed by atoms with van der Waals surface area (Å²) < 4.78 is 45.3.